The molecule has 9 aromatic carbocycles. The summed E-state index contributed by atoms with van der Waals surface area (Å²) < 4.78 is 5.05. The zero-order chi connectivity index (χ0) is 64.0. The first-order chi connectivity index (χ1) is 40.6. The van der Waals surface area contributed by atoms with Gasteiger partial charge >= 0.3 is 0 Å². The first kappa shape index (κ1) is 62.2. The second-order valence-electron chi connectivity index (χ2n) is 34.2. The lowest BCUT2D eigenvalue weighted by Gasteiger charge is -2.28. The van der Waals surface area contributed by atoms with Gasteiger partial charge in [0, 0.05) is 32.9 Å². The molecule has 0 atom stereocenters. The van der Waals surface area contributed by atoms with Crippen molar-refractivity contribution in [1.82, 2.24) is 9.13 Å². The van der Waals surface area contributed by atoms with Gasteiger partial charge in [0.2, 0.25) is 0 Å². The van der Waals surface area contributed by atoms with Gasteiger partial charge in [0.15, 0.2) is 0 Å². The van der Waals surface area contributed by atoms with Gasteiger partial charge in [0.05, 0.1) is 22.1 Å². The molecule has 454 valence electrons. The number of hydrogen-bond donors (Lipinski definition) is 0. The molecule has 0 saturated carbocycles. The summed E-state index contributed by atoms with van der Waals surface area (Å²) >= 11 is 0. The SMILES string of the molecule is CC(C)(C)c1cc(-c2cc(-c3cccc(-n4c5ccc(C(C)(C)C)cc5c5cc(C(C)(C)C)ccc54)c3)c(-c3cc(C(C)(C)C)cc(C(C)(C)C)c3)cc2-c2cccc(-n3c4ccc(C(C)(C)C)cc4c4cc(C(C)(C)C)ccc43)c2)cc(C(C)(C)C)c1. The molecule has 0 aliphatic heterocycles. The van der Waals surface area contributed by atoms with Gasteiger partial charge in [0.1, 0.15) is 0 Å². The fraction of sp³-hybridized carbons (Fsp3) is 0.372. The normalized spacial score (nSPS) is 13.5. The minimum absolute atomic E-state index is 0.000923. The van der Waals surface area contributed by atoms with E-state index in [0.717, 1.165) is 11.4 Å². The van der Waals surface area contributed by atoms with E-state index in [2.05, 4.69) is 345 Å². The molecule has 0 fully saturated rings. The molecule has 2 nitrogen and oxygen atoms in total. The lowest BCUT2D eigenvalue weighted by Crippen LogP contribution is -2.16. The lowest BCUT2D eigenvalue weighted by molar-refractivity contribution is 0.568. The van der Waals surface area contributed by atoms with Gasteiger partial charge in [-0.3, -0.25) is 0 Å². The standard InChI is InChI=1S/C86H100N2/c1-79(2,3)57-31-35-75-71(47-57)72-48-58(80(4,5)6)32-36-76(72)87(75)65-29-25-27-53(43-65)67-51-70(56-41-63(85(19,20)21)46-64(42-56)86(22,23)24)68(52-69(67)55-39-61(83(13,14)15)45-62(40-55)84(16,17)18)54-28-26-30-66(44-54)88-77-37-33-59(81(7,8)9)49-73(77)74-50-60(82(10,11)12)34-38-78(74)88/h25-52H,1-24H3. The van der Waals surface area contributed by atoms with Gasteiger partial charge in [-0.2, -0.15) is 0 Å². The van der Waals surface area contributed by atoms with Crippen LogP contribution in [0.25, 0.3) is 99.5 Å². The Bertz CT molecular complexity index is 4040. The predicted octanol–water partition coefficient (Wildman–Crippen LogP) is 24.9. The topological polar surface area (TPSA) is 9.86 Å². The third kappa shape index (κ3) is 11.8. The molecule has 0 amide bonds. The third-order valence-electron chi connectivity index (χ3n) is 18.9. The largest absolute Gasteiger partial charge is 0.309 e. The van der Waals surface area contributed by atoms with E-state index in [1.807, 2.05) is 0 Å². The average Bonchev–Trinajstić information content (AvgIpc) is 2.30. The highest BCUT2D eigenvalue weighted by molar-refractivity contribution is 6.11. The molecular weight excluding hydrogens is 1060 g/mol. The molecule has 11 aromatic rings. The molecule has 2 heteroatoms. The molecule has 11 rings (SSSR count). The van der Waals surface area contributed by atoms with Crippen LogP contribution in [-0.4, -0.2) is 9.13 Å². The fourth-order valence-corrected chi connectivity index (χ4v) is 12.9. The van der Waals surface area contributed by atoms with E-state index in [1.54, 1.807) is 0 Å². The quantitative estimate of drug-likeness (QED) is 0.157. The van der Waals surface area contributed by atoms with E-state index in [4.69, 9.17) is 0 Å². The van der Waals surface area contributed by atoms with E-state index in [0.29, 0.717) is 0 Å². The molecule has 0 aliphatic rings. The zero-order valence-electron chi connectivity index (χ0n) is 58.1. The van der Waals surface area contributed by atoms with Crippen molar-refractivity contribution >= 4 is 43.6 Å². The van der Waals surface area contributed by atoms with Crippen LogP contribution >= 0.6 is 0 Å². The number of aromatic nitrogens is 2. The molecule has 2 heterocycles. The van der Waals surface area contributed by atoms with Crippen LogP contribution in [0.5, 0.6) is 0 Å². The minimum Gasteiger partial charge on any atom is -0.309 e. The molecule has 88 heavy (non-hydrogen) atoms. The molecule has 0 saturated heterocycles. The summed E-state index contributed by atoms with van der Waals surface area (Å²) in [6, 6.07) is 67.7. The maximum absolute atomic E-state index is 2.57. The Morgan fingerprint density at radius 3 is 0.648 bits per heavy atom. The van der Waals surface area contributed by atoms with Crippen molar-refractivity contribution < 1.29 is 0 Å². The fourth-order valence-electron chi connectivity index (χ4n) is 12.9. The van der Waals surface area contributed by atoms with Gasteiger partial charge < -0.3 is 9.13 Å². The smallest absolute Gasteiger partial charge is 0.0541 e. The van der Waals surface area contributed by atoms with Crippen molar-refractivity contribution in [3.8, 4) is 55.9 Å². The van der Waals surface area contributed by atoms with Crippen molar-refractivity contribution in [2.75, 3.05) is 0 Å². The van der Waals surface area contributed by atoms with E-state index in [9.17, 15) is 0 Å². The van der Waals surface area contributed by atoms with Crippen LogP contribution in [0.1, 0.15) is 211 Å². The van der Waals surface area contributed by atoms with Crippen molar-refractivity contribution in [2.45, 2.75) is 209 Å². The van der Waals surface area contributed by atoms with E-state index in [-0.39, 0.29) is 43.3 Å². The zero-order valence-corrected chi connectivity index (χ0v) is 58.1. The van der Waals surface area contributed by atoms with Crippen LogP contribution in [0.2, 0.25) is 0 Å². The number of hydrogen-bond acceptors (Lipinski definition) is 0. The number of nitrogens with zero attached hydrogens (tertiary/aromatic N) is 2. The summed E-state index contributed by atoms with van der Waals surface area (Å²) in [6.07, 6.45) is 0. The highest BCUT2D eigenvalue weighted by atomic mass is 15.0. The maximum atomic E-state index is 2.57. The van der Waals surface area contributed by atoms with E-state index >= 15 is 0 Å². The Hall–Kier alpha value is -7.42. The summed E-state index contributed by atoms with van der Waals surface area (Å²) in [6.45, 7) is 56.3. The number of rotatable bonds is 6. The molecule has 0 unspecified atom stereocenters. The van der Waals surface area contributed by atoms with Crippen LogP contribution in [0, 0.1) is 0 Å². The average molecular weight is 1160 g/mol. The summed E-state index contributed by atoms with van der Waals surface area (Å²) in [5.41, 5.74) is 27.2. The highest BCUT2D eigenvalue weighted by Gasteiger charge is 2.29. The molecule has 2 aromatic heterocycles. The molecular formula is C86H100N2. The number of benzene rings is 9. The summed E-state index contributed by atoms with van der Waals surface area (Å²) in [5, 5.41) is 5.17. The summed E-state index contributed by atoms with van der Waals surface area (Å²) in [4.78, 5) is 0. The monoisotopic (exact) mass is 1160 g/mol. The van der Waals surface area contributed by atoms with Gasteiger partial charge in [-0.25, -0.2) is 0 Å². The lowest BCUT2D eigenvalue weighted by atomic mass is 9.76. The Morgan fingerprint density at radius 1 is 0.193 bits per heavy atom. The summed E-state index contributed by atoms with van der Waals surface area (Å²) in [7, 11) is 0. The highest BCUT2D eigenvalue weighted by Crippen LogP contribution is 2.48. The van der Waals surface area contributed by atoms with E-state index < -0.39 is 0 Å². The van der Waals surface area contributed by atoms with Gasteiger partial charge in [-0.05, 0) is 217 Å². The van der Waals surface area contributed by atoms with Gasteiger partial charge in [-0.15, -0.1) is 0 Å². The van der Waals surface area contributed by atoms with Crippen molar-refractivity contribution in [3.63, 3.8) is 0 Å². The number of fused-ring (bicyclic) bond motifs is 6. The van der Waals surface area contributed by atoms with Crippen LogP contribution in [0.15, 0.2) is 170 Å². The molecule has 0 N–H and O–H groups in total. The first-order valence-electron chi connectivity index (χ1n) is 32.6. The second kappa shape index (κ2) is 21.1. The second-order valence-corrected chi connectivity index (χ2v) is 34.2. The Labute approximate surface area is 529 Å². The Kier molecular flexibility index (Phi) is 14.9. The molecule has 0 aliphatic carbocycles. The molecule has 0 spiro atoms. The maximum Gasteiger partial charge on any atom is 0.0541 e. The van der Waals surface area contributed by atoms with E-state index in [1.165, 1.54) is 133 Å². The minimum atomic E-state index is -0.0935. The van der Waals surface area contributed by atoms with Gasteiger partial charge in [-0.1, -0.05) is 251 Å². The predicted molar refractivity (Wildman–Crippen MR) is 386 cm³/mol. The van der Waals surface area contributed by atoms with Crippen molar-refractivity contribution in [1.29, 1.82) is 0 Å². The van der Waals surface area contributed by atoms with Gasteiger partial charge in [0.25, 0.3) is 0 Å². The first-order valence-corrected chi connectivity index (χ1v) is 32.6. The van der Waals surface area contributed by atoms with Crippen LogP contribution < -0.4 is 0 Å². The Morgan fingerprint density at radius 2 is 0.420 bits per heavy atom. The Balaban J connectivity index is 1.26. The van der Waals surface area contributed by atoms with Crippen LogP contribution in [-0.2, 0) is 43.3 Å². The van der Waals surface area contributed by atoms with Crippen LogP contribution in [0.4, 0.5) is 0 Å². The molecule has 0 bridgehead atoms. The van der Waals surface area contributed by atoms with Crippen LogP contribution in [0.3, 0.4) is 0 Å². The molecule has 0 radical (unpaired) electrons. The third-order valence-corrected chi connectivity index (χ3v) is 18.9. The van der Waals surface area contributed by atoms with Crippen molar-refractivity contribution in [3.05, 3.63) is 214 Å². The van der Waals surface area contributed by atoms with Crippen molar-refractivity contribution in [2.24, 2.45) is 0 Å². The summed E-state index contributed by atoms with van der Waals surface area (Å²) in [5.74, 6) is 0.